The monoisotopic (exact) mass is 356 g/mol. The number of hydrogen-bond donors (Lipinski definition) is 3. The molecule has 0 aliphatic heterocycles. The van der Waals surface area contributed by atoms with Crippen LogP contribution in [0.3, 0.4) is 0 Å². The van der Waals surface area contributed by atoms with Crippen molar-refractivity contribution in [2.45, 2.75) is 4.90 Å². The first kappa shape index (κ1) is 16.9. The molecule has 4 N–H and O–H groups in total. The maximum absolute atomic E-state index is 11.5. The molecule has 0 amide bonds. The van der Waals surface area contributed by atoms with Crippen LogP contribution in [0.25, 0.3) is 10.8 Å². The third-order valence-electron chi connectivity index (χ3n) is 3.69. The van der Waals surface area contributed by atoms with Crippen LogP contribution in [0.5, 0.6) is 0 Å². The van der Waals surface area contributed by atoms with Crippen molar-refractivity contribution in [1.82, 2.24) is 0 Å². The van der Waals surface area contributed by atoms with Gasteiger partial charge in [-0.25, -0.2) is 0 Å². The topological polar surface area (TPSA) is 117 Å². The van der Waals surface area contributed by atoms with Crippen LogP contribution < -0.4 is 11.1 Å². The van der Waals surface area contributed by atoms with E-state index in [2.05, 4.69) is 15.5 Å². The first-order valence-corrected chi connectivity index (χ1v) is 8.82. The number of anilines is 2. The van der Waals surface area contributed by atoms with Crippen LogP contribution in [0.2, 0.25) is 0 Å². The second kappa shape index (κ2) is 6.50. The van der Waals surface area contributed by atoms with Crippen LogP contribution in [0.1, 0.15) is 0 Å². The average Bonchev–Trinajstić information content (AvgIpc) is 2.59. The summed E-state index contributed by atoms with van der Waals surface area (Å²) in [7, 11) is -2.57. The molecule has 25 heavy (non-hydrogen) atoms. The van der Waals surface area contributed by atoms with E-state index in [1.807, 2.05) is 0 Å². The van der Waals surface area contributed by atoms with E-state index in [-0.39, 0.29) is 4.90 Å². The van der Waals surface area contributed by atoms with E-state index in [0.29, 0.717) is 27.8 Å². The number of fused-ring (bicyclic) bond motifs is 1. The molecule has 3 aromatic carbocycles. The summed E-state index contributed by atoms with van der Waals surface area (Å²) in [6, 6.07) is 14.8. The standard InChI is InChI=1S/C17H16N4O3S/c1-19-16-10-11(18)6-7-15(16)21-20-14-8-9-17(25(22,23)24)13-5-3-2-4-12(13)14/h2-10,19H,18H2,1H3,(H,22,23,24). The zero-order valence-corrected chi connectivity index (χ0v) is 14.2. The fraction of sp³-hybridized carbons (Fsp3) is 0.0588. The Morgan fingerprint density at radius 2 is 1.60 bits per heavy atom. The Morgan fingerprint density at radius 3 is 2.28 bits per heavy atom. The zero-order chi connectivity index (χ0) is 18.0. The number of rotatable bonds is 4. The lowest BCUT2D eigenvalue weighted by atomic mass is 10.1. The molecule has 0 heterocycles. The molecule has 0 fully saturated rings. The van der Waals surface area contributed by atoms with Crippen LogP contribution in [0.4, 0.5) is 22.7 Å². The highest BCUT2D eigenvalue weighted by molar-refractivity contribution is 7.86. The molecule has 8 heteroatoms. The molecule has 0 aromatic heterocycles. The van der Waals surface area contributed by atoms with Crippen molar-refractivity contribution < 1.29 is 13.0 Å². The van der Waals surface area contributed by atoms with E-state index in [1.54, 1.807) is 49.5 Å². The molecule has 0 spiro atoms. The molecule has 0 saturated carbocycles. The van der Waals surface area contributed by atoms with E-state index in [1.165, 1.54) is 12.1 Å². The summed E-state index contributed by atoms with van der Waals surface area (Å²) in [4.78, 5) is -0.162. The summed E-state index contributed by atoms with van der Waals surface area (Å²) in [5, 5.41) is 12.4. The Bertz CT molecular complexity index is 1080. The van der Waals surface area contributed by atoms with Crippen molar-refractivity contribution in [3.05, 3.63) is 54.6 Å². The summed E-state index contributed by atoms with van der Waals surface area (Å²) < 4.78 is 32.4. The minimum Gasteiger partial charge on any atom is -0.399 e. The molecule has 3 aromatic rings. The summed E-state index contributed by atoms with van der Waals surface area (Å²) >= 11 is 0. The second-order valence-electron chi connectivity index (χ2n) is 5.33. The van der Waals surface area contributed by atoms with Crippen molar-refractivity contribution in [3.8, 4) is 0 Å². The number of nitrogens with zero attached hydrogens (tertiary/aromatic N) is 2. The Hall–Kier alpha value is -2.97. The number of hydrogen-bond acceptors (Lipinski definition) is 6. The van der Waals surface area contributed by atoms with Gasteiger partial charge in [0.15, 0.2) is 0 Å². The van der Waals surface area contributed by atoms with Crippen LogP contribution in [-0.4, -0.2) is 20.0 Å². The molecule has 128 valence electrons. The predicted molar refractivity (Wildman–Crippen MR) is 98.3 cm³/mol. The molecular formula is C17H16N4O3S. The van der Waals surface area contributed by atoms with Gasteiger partial charge in [-0.2, -0.15) is 8.42 Å². The lowest BCUT2D eigenvalue weighted by molar-refractivity contribution is 0.484. The van der Waals surface area contributed by atoms with E-state index >= 15 is 0 Å². The third kappa shape index (κ3) is 3.44. The largest absolute Gasteiger partial charge is 0.399 e. The van der Waals surface area contributed by atoms with Gasteiger partial charge >= 0.3 is 0 Å². The Kier molecular flexibility index (Phi) is 4.39. The number of nitrogen functional groups attached to an aromatic ring is 1. The minimum atomic E-state index is -4.32. The fourth-order valence-corrected chi connectivity index (χ4v) is 3.21. The van der Waals surface area contributed by atoms with Gasteiger partial charge in [0.05, 0.1) is 11.4 Å². The quantitative estimate of drug-likeness (QED) is 0.369. The van der Waals surface area contributed by atoms with Crippen molar-refractivity contribution in [3.63, 3.8) is 0 Å². The molecule has 0 radical (unpaired) electrons. The van der Waals surface area contributed by atoms with E-state index < -0.39 is 10.1 Å². The van der Waals surface area contributed by atoms with Gasteiger partial charge in [-0.3, -0.25) is 4.55 Å². The molecule has 0 saturated heterocycles. The normalized spacial score (nSPS) is 11.9. The Morgan fingerprint density at radius 1 is 0.960 bits per heavy atom. The van der Waals surface area contributed by atoms with Gasteiger partial charge in [-0.05, 0) is 30.3 Å². The Labute approximate surface area is 145 Å². The van der Waals surface area contributed by atoms with Crippen LogP contribution >= 0.6 is 0 Å². The molecule has 0 aliphatic rings. The number of nitrogens with two attached hydrogens (primary N) is 1. The lowest BCUT2D eigenvalue weighted by Crippen LogP contribution is -1.98. The lowest BCUT2D eigenvalue weighted by Gasteiger charge is -2.07. The highest BCUT2D eigenvalue weighted by Crippen LogP contribution is 2.34. The zero-order valence-electron chi connectivity index (χ0n) is 13.3. The van der Waals surface area contributed by atoms with E-state index in [4.69, 9.17) is 5.73 Å². The number of benzene rings is 3. The van der Waals surface area contributed by atoms with Gasteiger partial charge in [-0.1, -0.05) is 24.3 Å². The van der Waals surface area contributed by atoms with E-state index in [0.717, 1.165) is 5.69 Å². The average molecular weight is 356 g/mol. The molecular weight excluding hydrogens is 340 g/mol. The molecule has 3 rings (SSSR count). The molecule has 0 aliphatic carbocycles. The van der Waals surface area contributed by atoms with Gasteiger partial charge in [0.2, 0.25) is 0 Å². The SMILES string of the molecule is CNc1cc(N)ccc1N=Nc1ccc(S(=O)(=O)O)c2ccccc12. The fourth-order valence-electron chi connectivity index (χ4n) is 2.52. The van der Waals surface area contributed by atoms with E-state index in [9.17, 15) is 13.0 Å². The van der Waals surface area contributed by atoms with Gasteiger partial charge in [-0.15, -0.1) is 10.2 Å². The van der Waals surface area contributed by atoms with Gasteiger partial charge in [0, 0.05) is 23.5 Å². The van der Waals surface area contributed by atoms with Crippen molar-refractivity contribution in [2.24, 2.45) is 10.2 Å². The first-order chi connectivity index (χ1) is 11.9. The summed E-state index contributed by atoms with van der Waals surface area (Å²) in [5.41, 5.74) is 8.16. The number of nitrogens with one attached hydrogen (secondary N) is 1. The molecule has 0 bridgehead atoms. The van der Waals surface area contributed by atoms with Crippen molar-refractivity contribution >= 4 is 43.6 Å². The summed E-state index contributed by atoms with van der Waals surface area (Å²) in [5.74, 6) is 0. The first-order valence-electron chi connectivity index (χ1n) is 7.38. The summed E-state index contributed by atoms with van der Waals surface area (Å²) in [6.45, 7) is 0. The van der Waals surface area contributed by atoms with Crippen LogP contribution in [-0.2, 0) is 10.1 Å². The van der Waals surface area contributed by atoms with Crippen molar-refractivity contribution in [2.75, 3.05) is 18.1 Å². The Balaban J connectivity index is 2.12. The second-order valence-corrected chi connectivity index (χ2v) is 6.72. The predicted octanol–water partition coefficient (Wildman–Crippen LogP) is 4.13. The highest BCUT2D eigenvalue weighted by atomic mass is 32.2. The van der Waals surface area contributed by atoms with Gasteiger partial charge < -0.3 is 11.1 Å². The molecule has 0 unspecified atom stereocenters. The van der Waals surface area contributed by atoms with Gasteiger partial charge in [0.1, 0.15) is 10.6 Å². The molecule has 0 atom stereocenters. The molecule has 7 nitrogen and oxygen atoms in total. The maximum Gasteiger partial charge on any atom is 0.295 e. The summed E-state index contributed by atoms with van der Waals surface area (Å²) in [6.07, 6.45) is 0. The number of azo groups is 1. The van der Waals surface area contributed by atoms with Crippen molar-refractivity contribution in [1.29, 1.82) is 0 Å². The maximum atomic E-state index is 11.5. The third-order valence-corrected chi connectivity index (χ3v) is 4.61. The smallest absolute Gasteiger partial charge is 0.295 e. The minimum absolute atomic E-state index is 0.162. The van der Waals surface area contributed by atoms with Crippen LogP contribution in [0.15, 0.2) is 69.7 Å². The van der Waals surface area contributed by atoms with Gasteiger partial charge in [0.25, 0.3) is 10.1 Å². The van der Waals surface area contributed by atoms with Crippen LogP contribution in [0, 0.1) is 0 Å². The highest BCUT2D eigenvalue weighted by Gasteiger charge is 2.15.